The first-order valence-corrected chi connectivity index (χ1v) is 9.50. The van der Waals surface area contributed by atoms with Gasteiger partial charge in [-0.25, -0.2) is 4.79 Å². The van der Waals surface area contributed by atoms with Crippen molar-refractivity contribution in [2.24, 2.45) is 0 Å². The third kappa shape index (κ3) is 5.37. The Labute approximate surface area is 168 Å². The van der Waals surface area contributed by atoms with E-state index in [0.717, 1.165) is 5.56 Å². The van der Waals surface area contributed by atoms with Crippen LogP contribution in [0.4, 0.5) is 4.79 Å². The maximum atomic E-state index is 12.3. The second-order valence-electron chi connectivity index (χ2n) is 6.40. The summed E-state index contributed by atoms with van der Waals surface area (Å²) in [5, 5.41) is 3.74. The van der Waals surface area contributed by atoms with E-state index in [-0.39, 0.29) is 24.6 Å². The standard InChI is InChI=1S/C20H20Cl2N2O3/c21-17-7-6-15(12-18(17)22)19(25)23-16-8-10-24(11-9-16)20(26)27-13-14-4-2-1-3-5-14/h1-7,12,16H,8-11,13H2,(H,23,25). The largest absolute Gasteiger partial charge is 0.445 e. The second-order valence-corrected chi connectivity index (χ2v) is 7.22. The van der Waals surface area contributed by atoms with E-state index in [1.165, 1.54) is 0 Å². The zero-order valence-corrected chi connectivity index (χ0v) is 16.2. The summed E-state index contributed by atoms with van der Waals surface area (Å²) < 4.78 is 5.35. The zero-order valence-electron chi connectivity index (χ0n) is 14.7. The Morgan fingerprint density at radius 3 is 2.41 bits per heavy atom. The summed E-state index contributed by atoms with van der Waals surface area (Å²) in [6, 6.07) is 14.4. The lowest BCUT2D eigenvalue weighted by atomic mass is 10.0. The molecule has 0 radical (unpaired) electrons. The lowest BCUT2D eigenvalue weighted by molar-refractivity contribution is 0.0809. The summed E-state index contributed by atoms with van der Waals surface area (Å²) in [6.07, 6.45) is 1.02. The molecule has 7 heteroatoms. The van der Waals surface area contributed by atoms with Gasteiger partial charge in [0.25, 0.3) is 5.91 Å². The highest BCUT2D eigenvalue weighted by Crippen LogP contribution is 2.23. The van der Waals surface area contributed by atoms with Crippen molar-refractivity contribution in [2.75, 3.05) is 13.1 Å². The monoisotopic (exact) mass is 406 g/mol. The predicted molar refractivity (Wildman–Crippen MR) is 105 cm³/mol. The van der Waals surface area contributed by atoms with Crippen molar-refractivity contribution in [3.05, 3.63) is 69.7 Å². The normalized spacial score (nSPS) is 14.7. The molecule has 5 nitrogen and oxygen atoms in total. The van der Waals surface area contributed by atoms with E-state index >= 15 is 0 Å². The molecule has 0 aliphatic carbocycles. The Kier molecular flexibility index (Phi) is 6.58. The van der Waals surface area contributed by atoms with E-state index < -0.39 is 0 Å². The molecule has 1 heterocycles. The molecule has 1 aliphatic heterocycles. The van der Waals surface area contributed by atoms with E-state index in [9.17, 15) is 9.59 Å². The van der Waals surface area contributed by atoms with Gasteiger partial charge in [-0.3, -0.25) is 4.79 Å². The highest BCUT2D eigenvalue weighted by molar-refractivity contribution is 6.42. The molecule has 1 fully saturated rings. The highest BCUT2D eigenvalue weighted by atomic mass is 35.5. The molecule has 0 aromatic heterocycles. The number of amides is 2. The topological polar surface area (TPSA) is 58.6 Å². The van der Waals surface area contributed by atoms with Gasteiger partial charge in [0.2, 0.25) is 0 Å². The van der Waals surface area contributed by atoms with Crippen LogP contribution in [-0.4, -0.2) is 36.0 Å². The van der Waals surface area contributed by atoms with Crippen LogP contribution in [0.1, 0.15) is 28.8 Å². The second kappa shape index (κ2) is 9.11. The smallest absolute Gasteiger partial charge is 0.410 e. The van der Waals surface area contributed by atoms with Gasteiger partial charge in [0.1, 0.15) is 6.61 Å². The molecule has 1 saturated heterocycles. The number of rotatable bonds is 4. The Hall–Kier alpha value is -2.24. The predicted octanol–water partition coefficient (Wildman–Crippen LogP) is 4.52. The summed E-state index contributed by atoms with van der Waals surface area (Å²) in [5.74, 6) is -0.196. The number of benzene rings is 2. The third-order valence-electron chi connectivity index (χ3n) is 4.48. The van der Waals surface area contributed by atoms with Gasteiger partial charge >= 0.3 is 6.09 Å². The molecule has 142 valence electrons. The average molecular weight is 407 g/mol. The summed E-state index contributed by atoms with van der Waals surface area (Å²) in [7, 11) is 0. The van der Waals surface area contributed by atoms with Gasteiger partial charge in [-0.2, -0.15) is 0 Å². The van der Waals surface area contributed by atoms with Crippen molar-refractivity contribution in [2.45, 2.75) is 25.5 Å². The molecule has 2 aromatic rings. The molecule has 0 atom stereocenters. The molecule has 0 saturated carbocycles. The van der Waals surface area contributed by atoms with E-state index in [1.54, 1.807) is 23.1 Å². The fourth-order valence-corrected chi connectivity index (χ4v) is 3.22. The van der Waals surface area contributed by atoms with E-state index in [1.807, 2.05) is 30.3 Å². The molecular weight excluding hydrogens is 387 g/mol. The molecule has 1 N–H and O–H groups in total. The number of hydrogen-bond donors (Lipinski definition) is 1. The van der Waals surface area contributed by atoms with Gasteiger partial charge in [0, 0.05) is 24.7 Å². The van der Waals surface area contributed by atoms with Crippen LogP contribution in [0.3, 0.4) is 0 Å². The van der Waals surface area contributed by atoms with Crippen LogP contribution in [0.2, 0.25) is 10.0 Å². The Bertz CT molecular complexity index is 806. The van der Waals surface area contributed by atoms with Gasteiger partial charge in [0.05, 0.1) is 10.0 Å². The van der Waals surface area contributed by atoms with Gasteiger partial charge in [-0.05, 0) is 36.6 Å². The maximum Gasteiger partial charge on any atom is 0.410 e. The van der Waals surface area contributed by atoms with Gasteiger partial charge < -0.3 is 15.0 Å². The lowest BCUT2D eigenvalue weighted by Crippen LogP contribution is -2.46. The van der Waals surface area contributed by atoms with Crippen LogP contribution in [0.25, 0.3) is 0 Å². The summed E-state index contributed by atoms with van der Waals surface area (Å²) in [4.78, 5) is 26.2. The molecule has 27 heavy (non-hydrogen) atoms. The van der Waals surface area contributed by atoms with E-state index in [0.29, 0.717) is 41.5 Å². The molecule has 2 amide bonds. The number of hydrogen-bond acceptors (Lipinski definition) is 3. The van der Waals surface area contributed by atoms with Crippen LogP contribution in [-0.2, 0) is 11.3 Å². The van der Waals surface area contributed by atoms with Crippen molar-refractivity contribution in [1.29, 1.82) is 0 Å². The fourth-order valence-electron chi connectivity index (χ4n) is 2.92. The van der Waals surface area contributed by atoms with Gasteiger partial charge in [-0.15, -0.1) is 0 Å². The van der Waals surface area contributed by atoms with Crippen LogP contribution in [0.5, 0.6) is 0 Å². The van der Waals surface area contributed by atoms with E-state index in [4.69, 9.17) is 27.9 Å². The number of halogens is 2. The minimum absolute atomic E-state index is 0.00475. The lowest BCUT2D eigenvalue weighted by Gasteiger charge is -2.31. The first kappa shape index (κ1) is 19.5. The van der Waals surface area contributed by atoms with E-state index in [2.05, 4.69) is 5.32 Å². The van der Waals surface area contributed by atoms with Crippen molar-refractivity contribution in [1.82, 2.24) is 10.2 Å². The Balaban J connectivity index is 1.44. The minimum atomic E-state index is -0.326. The molecule has 3 rings (SSSR count). The number of ether oxygens (including phenoxy) is 1. The number of likely N-dealkylation sites (tertiary alicyclic amines) is 1. The van der Waals surface area contributed by atoms with Crippen LogP contribution in [0.15, 0.2) is 48.5 Å². The van der Waals surface area contributed by atoms with Crippen molar-refractivity contribution in [3.8, 4) is 0 Å². The molecule has 1 aliphatic rings. The summed E-state index contributed by atoms with van der Waals surface area (Å²) in [6.45, 7) is 1.34. The maximum absolute atomic E-state index is 12.3. The van der Waals surface area contributed by atoms with Crippen molar-refractivity contribution >= 4 is 35.2 Å². The fraction of sp³-hybridized carbons (Fsp3) is 0.300. The third-order valence-corrected chi connectivity index (χ3v) is 5.21. The number of nitrogens with one attached hydrogen (secondary N) is 1. The first-order valence-electron chi connectivity index (χ1n) is 8.74. The number of nitrogens with zero attached hydrogens (tertiary/aromatic N) is 1. The number of piperidine rings is 1. The quantitative estimate of drug-likeness (QED) is 0.811. The van der Waals surface area contributed by atoms with Crippen LogP contribution < -0.4 is 5.32 Å². The van der Waals surface area contributed by atoms with Crippen molar-refractivity contribution < 1.29 is 14.3 Å². The van der Waals surface area contributed by atoms with Gasteiger partial charge in [0.15, 0.2) is 0 Å². The molecular formula is C20H20Cl2N2O3. The molecule has 2 aromatic carbocycles. The average Bonchev–Trinajstić information content (AvgIpc) is 2.69. The van der Waals surface area contributed by atoms with Crippen molar-refractivity contribution in [3.63, 3.8) is 0 Å². The first-order chi connectivity index (χ1) is 13.0. The summed E-state index contributed by atoms with van der Waals surface area (Å²) >= 11 is 11.8. The Morgan fingerprint density at radius 2 is 1.74 bits per heavy atom. The zero-order chi connectivity index (χ0) is 19.2. The minimum Gasteiger partial charge on any atom is -0.445 e. The van der Waals surface area contributed by atoms with Gasteiger partial charge in [-0.1, -0.05) is 53.5 Å². The summed E-state index contributed by atoms with van der Waals surface area (Å²) in [5.41, 5.74) is 1.42. The van der Waals surface area contributed by atoms with Crippen LogP contribution >= 0.6 is 23.2 Å². The number of carbonyl (C=O) groups is 2. The molecule has 0 bridgehead atoms. The Morgan fingerprint density at radius 1 is 1.04 bits per heavy atom. The molecule has 0 unspecified atom stereocenters. The van der Waals surface area contributed by atoms with Crippen LogP contribution in [0, 0.1) is 0 Å². The highest BCUT2D eigenvalue weighted by Gasteiger charge is 2.25. The molecule has 0 spiro atoms. The SMILES string of the molecule is O=C(NC1CCN(C(=O)OCc2ccccc2)CC1)c1ccc(Cl)c(Cl)c1. The number of carbonyl (C=O) groups excluding carboxylic acids is 2.